The molecule has 0 aliphatic rings. The van der Waals surface area contributed by atoms with Gasteiger partial charge in [0.25, 0.3) is 5.91 Å². The molecule has 0 aliphatic carbocycles. The minimum absolute atomic E-state index is 0.0201. The molecule has 4 aromatic rings. The summed E-state index contributed by atoms with van der Waals surface area (Å²) in [6, 6.07) is 29.6. The minimum atomic E-state index is -3.98. The molecule has 0 saturated carbocycles. The van der Waals surface area contributed by atoms with Crippen molar-refractivity contribution in [3.8, 4) is 11.1 Å². The van der Waals surface area contributed by atoms with Crippen molar-refractivity contribution in [3.63, 3.8) is 0 Å². The number of ketones is 1. The van der Waals surface area contributed by atoms with Gasteiger partial charge in [-0.3, -0.25) is 9.59 Å². The molecule has 0 heterocycles. The molecular formula is C30H28N2O4S. The second kappa shape index (κ2) is 11.3. The Hall–Kier alpha value is -4.07. The molecule has 4 rings (SSSR count). The highest BCUT2D eigenvalue weighted by molar-refractivity contribution is 7.91. The van der Waals surface area contributed by atoms with Crippen molar-refractivity contribution >= 4 is 21.5 Å². The molecule has 188 valence electrons. The summed E-state index contributed by atoms with van der Waals surface area (Å²) in [7, 11) is -3.98. The van der Waals surface area contributed by atoms with Crippen molar-refractivity contribution in [3.05, 3.63) is 125 Å². The van der Waals surface area contributed by atoms with Gasteiger partial charge in [0.05, 0.1) is 4.90 Å². The van der Waals surface area contributed by atoms with Crippen LogP contribution in [0.5, 0.6) is 0 Å². The first-order valence-electron chi connectivity index (χ1n) is 11.9. The third-order valence-electron chi connectivity index (χ3n) is 6.19. The highest BCUT2D eigenvalue weighted by Crippen LogP contribution is 2.34. The fourth-order valence-electron chi connectivity index (χ4n) is 4.16. The molecule has 4 aromatic carbocycles. The average Bonchev–Trinajstić information content (AvgIpc) is 2.93. The number of carbonyl (C=O) groups excluding carboxylic acids is 2. The highest BCUT2D eigenvalue weighted by Gasteiger charge is 2.28. The quantitative estimate of drug-likeness (QED) is 0.308. The van der Waals surface area contributed by atoms with Gasteiger partial charge in [0.15, 0.2) is 15.6 Å². The Morgan fingerprint density at radius 1 is 0.784 bits per heavy atom. The summed E-state index contributed by atoms with van der Waals surface area (Å²) in [4.78, 5) is 24.7. The van der Waals surface area contributed by atoms with Gasteiger partial charge in [-0.15, -0.1) is 0 Å². The SMILES string of the molecule is CC(=O)c1ccc(S(=O)(=O)C(N)c2ccccc2-c2ccccc2C(=O)NCCc2ccccc2)cc1. The van der Waals surface area contributed by atoms with E-state index >= 15 is 0 Å². The molecule has 0 spiro atoms. The summed E-state index contributed by atoms with van der Waals surface area (Å²) in [6.07, 6.45) is 0.691. The minimum Gasteiger partial charge on any atom is -0.352 e. The Kier molecular flexibility index (Phi) is 7.96. The average molecular weight is 513 g/mol. The summed E-state index contributed by atoms with van der Waals surface area (Å²) < 4.78 is 26.8. The molecule has 0 aromatic heterocycles. The van der Waals surface area contributed by atoms with E-state index in [1.54, 1.807) is 48.5 Å². The number of carbonyl (C=O) groups is 2. The maximum absolute atomic E-state index is 13.4. The molecule has 1 amide bonds. The zero-order valence-electron chi connectivity index (χ0n) is 20.4. The van der Waals surface area contributed by atoms with Crippen LogP contribution >= 0.6 is 0 Å². The van der Waals surface area contributed by atoms with Gasteiger partial charge in [0, 0.05) is 17.7 Å². The van der Waals surface area contributed by atoms with Crippen molar-refractivity contribution in [2.45, 2.75) is 23.6 Å². The fourth-order valence-corrected chi connectivity index (χ4v) is 5.51. The van der Waals surface area contributed by atoms with Gasteiger partial charge in [-0.2, -0.15) is 0 Å². The molecule has 6 nitrogen and oxygen atoms in total. The number of rotatable bonds is 9. The number of nitrogens with one attached hydrogen (secondary N) is 1. The van der Waals surface area contributed by atoms with Crippen molar-refractivity contribution in [1.29, 1.82) is 0 Å². The monoisotopic (exact) mass is 512 g/mol. The molecule has 37 heavy (non-hydrogen) atoms. The lowest BCUT2D eigenvalue weighted by Gasteiger charge is -2.19. The molecule has 0 radical (unpaired) electrons. The Labute approximate surface area is 217 Å². The standard InChI is InChI=1S/C30H28N2O4S/c1-21(33)23-15-17-24(18-16-23)37(35,36)29(31)27-13-7-5-11-25(27)26-12-6-8-14-28(26)30(34)32-20-19-22-9-3-2-4-10-22/h2-18,29H,19-20,31H2,1H3,(H,32,34). The van der Waals surface area contributed by atoms with Gasteiger partial charge < -0.3 is 11.1 Å². The first-order valence-corrected chi connectivity index (χ1v) is 13.4. The van der Waals surface area contributed by atoms with Crippen molar-refractivity contribution in [1.82, 2.24) is 5.32 Å². The van der Waals surface area contributed by atoms with Crippen LogP contribution in [0.25, 0.3) is 11.1 Å². The van der Waals surface area contributed by atoms with Crippen LogP contribution in [0.15, 0.2) is 108 Å². The summed E-state index contributed by atoms with van der Waals surface area (Å²) in [5.74, 6) is -0.408. The Morgan fingerprint density at radius 3 is 2.05 bits per heavy atom. The van der Waals surface area contributed by atoms with E-state index in [9.17, 15) is 18.0 Å². The van der Waals surface area contributed by atoms with Gasteiger partial charge in [-0.05, 0) is 53.8 Å². The second-order valence-corrected chi connectivity index (χ2v) is 10.7. The molecule has 7 heteroatoms. The summed E-state index contributed by atoms with van der Waals surface area (Å²) in [5.41, 5.74) is 9.85. The molecule has 1 unspecified atom stereocenters. The Morgan fingerprint density at radius 2 is 1.38 bits per heavy atom. The van der Waals surface area contributed by atoms with Gasteiger partial charge in [0.1, 0.15) is 5.37 Å². The largest absolute Gasteiger partial charge is 0.352 e. The second-order valence-electron chi connectivity index (χ2n) is 8.67. The van der Waals surface area contributed by atoms with Gasteiger partial charge in [0.2, 0.25) is 0 Å². The van der Waals surface area contributed by atoms with Crippen LogP contribution in [0, 0.1) is 0 Å². The van der Waals surface area contributed by atoms with E-state index < -0.39 is 15.2 Å². The van der Waals surface area contributed by atoms with Crippen LogP contribution in [-0.4, -0.2) is 26.7 Å². The lowest BCUT2D eigenvalue weighted by Crippen LogP contribution is -2.26. The van der Waals surface area contributed by atoms with Crippen LogP contribution < -0.4 is 11.1 Å². The summed E-state index contributed by atoms with van der Waals surface area (Å²) >= 11 is 0. The van der Waals surface area contributed by atoms with Crippen molar-refractivity contribution < 1.29 is 18.0 Å². The van der Waals surface area contributed by atoms with E-state index in [2.05, 4.69) is 5.32 Å². The molecule has 3 N–H and O–H groups in total. The van der Waals surface area contributed by atoms with Crippen LogP contribution in [0.1, 0.15) is 44.1 Å². The van der Waals surface area contributed by atoms with Crippen LogP contribution in [0.2, 0.25) is 0 Å². The number of hydrogen-bond acceptors (Lipinski definition) is 5. The predicted molar refractivity (Wildman–Crippen MR) is 145 cm³/mol. The molecular weight excluding hydrogens is 484 g/mol. The molecule has 0 saturated heterocycles. The number of nitrogens with two attached hydrogens (primary N) is 1. The van der Waals surface area contributed by atoms with Crippen molar-refractivity contribution in [2.75, 3.05) is 6.54 Å². The van der Waals surface area contributed by atoms with E-state index in [0.717, 1.165) is 5.56 Å². The molecule has 0 aliphatic heterocycles. The first kappa shape index (κ1) is 26.0. The number of amides is 1. The zero-order valence-corrected chi connectivity index (χ0v) is 21.2. The van der Waals surface area contributed by atoms with Crippen LogP contribution in [0.3, 0.4) is 0 Å². The van der Waals surface area contributed by atoms with E-state index in [1.807, 2.05) is 30.3 Å². The maximum atomic E-state index is 13.4. The summed E-state index contributed by atoms with van der Waals surface area (Å²) in [5, 5.41) is 1.59. The van der Waals surface area contributed by atoms with Gasteiger partial charge in [-0.1, -0.05) is 84.9 Å². The lowest BCUT2D eigenvalue weighted by molar-refractivity contribution is 0.0953. The number of sulfone groups is 1. The maximum Gasteiger partial charge on any atom is 0.251 e. The number of hydrogen-bond donors (Lipinski definition) is 2. The Bertz CT molecular complexity index is 1510. The van der Waals surface area contributed by atoms with E-state index in [1.165, 1.54) is 31.2 Å². The van der Waals surface area contributed by atoms with Gasteiger partial charge >= 0.3 is 0 Å². The van der Waals surface area contributed by atoms with Gasteiger partial charge in [-0.25, -0.2) is 8.42 Å². The number of benzene rings is 4. The fraction of sp³-hybridized carbons (Fsp3) is 0.133. The normalized spacial score (nSPS) is 12.1. The van der Waals surface area contributed by atoms with Crippen molar-refractivity contribution in [2.24, 2.45) is 5.73 Å². The predicted octanol–water partition coefficient (Wildman–Crippen LogP) is 4.96. The number of Topliss-reactive ketones (excluding diaryl/α,β-unsaturated/α-hetero) is 1. The molecule has 1 atom stereocenters. The first-order chi connectivity index (χ1) is 17.8. The molecule has 0 fully saturated rings. The lowest BCUT2D eigenvalue weighted by atomic mass is 9.95. The van der Waals surface area contributed by atoms with E-state index in [4.69, 9.17) is 5.73 Å². The smallest absolute Gasteiger partial charge is 0.251 e. The Balaban J connectivity index is 1.63. The highest BCUT2D eigenvalue weighted by atomic mass is 32.2. The molecule has 0 bridgehead atoms. The third kappa shape index (κ3) is 5.85. The zero-order chi connectivity index (χ0) is 26.4. The van der Waals surface area contributed by atoms with E-state index in [-0.39, 0.29) is 16.6 Å². The summed E-state index contributed by atoms with van der Waals surface area (Å²) in [6.45, 7) is 1.88. The van der Waals surface area contributed by atoms with E-state index in [0.29, 0.717) is 40.8 Å². The third-order valence-corrected chi connectivity index (χ3v) is 8.05. The topological polar surface area (TPSA) is 106 Å². The van der Waals surface area contributed by atoms with Crippen LogP contribution in [0.4, 0.5) is 0 Å². The van der Waals surface area contributed by atoms with Crippen LogP contribution in [-0.2, 0) is 16.3 Å².